The van der Waals surface area contributed by atoms with E-state index in [1.165, 1.54) is 44.1 Å². The molecule has 21 heavy (non-hydrogen) atoms. The first-order valence-corrected chi connectivity index (χ1v) is 8.28. The Kier molecular flexibility index (Phi) is 13.7. The van der Waals surface area contributed by atoms with Gasteiger partial charge in [0, 0.05) is 0 Å². The lowest BCUT2D eigenvalue weighted by Gasteiger charge is -2.07. The molecule has 0 atom stereocenters. The summed E-state index contributed by atoms with van der Waals surface area (Å²) in [5.41, 5.74) is 6.89. The predicted octanol–water partition coefficient (Wildman–Crippen LogP) is 5.13. The minimum absolute atomic E-state index is 0. The highest BCUT2D eigenvalue weighted by Gasteiger charge is 1.97. The number of aryl methyl sites for hydroxylation is 1. The Balaban J connectivity index is 0.00000400. The van der Waals surface area contributed by atoms with Gasteiger partial charge in [-0.15, -0.1) is 12.4 Å². The lowest BCUT2D eigenvalue weighted by molar-refractivity contribution is 0.305. The number of halogens is 1. The van der Waals surface area contributed by atoms with Gasteiger partial charge in [-0.2, -0.15) is 0 Å². The van der Waals surface area contributed by atoms with Crippen molar-refractivity contribution in [3.8, 4) is 5.75 Å². The predicted molar refractivity (Wildman–Crippen MR) is 94.6 cm³/mol. The van der Waals surface area contributed by atoms with Crippen LogP contribution in [-0.2, 0) is 6.42 Å². The van der Waals surface area contributed by atoms with E-state index in [0.717, 1.165) is 38.2 Å². The van der Waals surface area contributed by atoms with Crippen LogP contribution in [0.3, 0.4) is 0 Å². The molecule has 2 nitrogen and oxygen atoms in total. The van der Waals surface area contributed by atoms with Crippen LogP contribution in [0.2, 0.25) is 0 Å². The zero-order valence-corrected chi connectivity index (χ0v) is 14.3. The van der Waals surface area contributed by atoms with E-state index in [2.05, 4.69) is 31.2 Å². The maximum absolute atomic E-state index is 5.72. The van der Waals surface area contributed by atoms with Crippen LogP contribution in [0.1, 0.15) is 63.9 Å². The van der Waals surface area contributed by atoms with Crippen LogP contribution in [0.15, 0.2) is 24.3 Å². The summed E-state index contributed by atoms with van der Waals surface area (Å²) in [7, 11) is 0. The quantitative estimate of drug-likeness (QED) is 0.543. The molecule has 0 heterocycles. The largest absolute Gasteiger partial charge is 0.494 e. The monoisotopic (exact) mass is 313 g/mol. The van der Waals surface area contributed by atoms with Crippen molar-refractivity contribution in [2.75, 3.05) is 13.2 Å². The maximum Gasteiger partial charge on any atom is 0.119 e. The molecule has 2 N–H and O–H groups in total. The zero-order valence-electron chi connectivity index (χ0n) is 13.5. The third-order valence-electron chi connectivity index (χ3n) is 3.61. The molecule has 0 saturated carbocycles. The van der Waals surface area contributed by atoms with Crippen molar-refractivity contribution in [2.45, 2.75) is 64.7 Å². The van der Waals surface area contributed by atoms with Crippen LogP contribution in [-0.4, -0.2) is 13.2 Å². The second-order valence-corrected chi connectivity index (χ2v) is 5.51. The SMILES string of the molecule is CCCCCCCc1ccc(OCCCCCN)cc1.Cl. The number of rotatable bonds is 12. The molecule has 1 aromatic rings. The number of hydrogen-bond donors (Lipinski definition) is 1. The van der Waals surface area contributed by atoms with E-state index in [9.17, 15) is 0 Å². The van der Waals surface area contributed by atoms with Gasteiger partial charge in [-0.1, -0.05) is 44.7 Å². The molecular weight excluding hydrogens is 282 g/mol. The Morgan fingerprint density at radius 1 is 0.857 bits per heavy atom. The Hall–Kier alpha value is -0.730. The molecular formula is C18H32ClNO. The third-order valence-corrected chi connectivity index (χ3v) is 3.61. The van der Waals surface area contributed by atoms with Crippen molar-refractivity contribution in [3.63, 3.8) is 0 Å². The second-order valence-electron chi connectivity index (χ2n) is 5.51. The van der Waals surface area contributed by atoms with Gasteiger partial charge in [0.05, 0.1) is 6.61 Å². The number of nitrogens with two attached hydrogens (primary N) is 1. The molecule has 1 rings (SSSR count). The van der Waals surface area contributed by atoms with Crippen LogP contribution in [0, 0.1) is 0 Å². The summed E-state index contributed by atoms with van der Waals surface area (Å²) in [6.45, 7) is 3.85. The highest BCUT2D eigenvalue weighted by atomic mass is 35.5. The fourth-order valence-corrected chi connectivity index (χ4v) is 2.30. The zero-order chi connectivity index (χ0) is 14.5. The van der Waals surface area contributed by atoms with E-state index in [1.807, 2.05) is 0 Å². The molecule has 122 valence electrons. The van der Waals surface area contributed by atoms with Gasteiger partial charge >= 0.3 is 0 Å². The van der Waals surface area contributed by atoms with Crippen LogP contribution in [0.4, 0.5) is 0 Å². The van der Waals surface area contributed by atoms with Gasteiger partial charge in [0.1, 0.15) is 5.75 Å². The van der Waals surface area contributed by atoms with Gasteiger partial charge in [-0.05, 0) is 56.3 Å². The van der Waals surface area contributed by atoms with Crippen LogP contribution in [0.5, 0.6) is 5.75 Å². The summed E-state index contributed by atoms with van der Waals surface area (Å²) in [4.78, 5) is 0. The van der Waals surface area contributed by atoms with E-state index in [-0.39, 0.29) is 12.4 Å². The fraction of sp³-hybridized carbons (Fsp3) is 0.667. The molecule has 0 aliphatic rings. The van der Waals surface area contributed by atoms with Gasteiger partial charge in [-0.25, -0.2) is 0 Å². The summed E-state index contributed by atoms with van der Waals surface area (Å²) in [5, 5.41) is 0. The Labute approximate surface area is 136 Å². The lowest BCUT2D eigenvalue weighted by atomic mass is 10.1. The van der Waals surface area contributed by atoms with E-state index in [4.69, 9.17) is 10.5 Å². The fourth-order valence-electron chi connectivity index (χ4n) is 2.30. The highest BCUT2D eigenvalue weighted by Crippen LogP contribution is 2.15. The first-order chi connectivity index (χ1) is 9.86. The van der Waals surface area contributed by atoms with E-state index in [0.29, 0.717) is 0 Å². The average molecular weight is 314 g/mol. The molecule has 0 saturated heterocycles. The summed E-state index contributed by atoms with van der Waals surface area (Å²) < 4.78 is 5.72. The summed E-state index contributed by atoms with van der Waals surface area (Å²) in [6, 6.07) is 8.61. The van der Waals surface area contributed by atoms with Crippen molar-refractivity contribution in [3.05, 3.63) is 29.8 Å². The molecule has 3 heteroatoms. The van der Waals surface area contributed by atoms with Crippen molar-refractivity contribution >= 4 is 12.4 Å². The number of ether oxygens (including phenoxy) is 1. The van der Waals surface area contributed by atoms with Crippen molar-refractivity contribution in [2.24, 2.45) is 5.73 Å². The van der Waals surface area contributed by atoms with Crippen molar-refractivity contribution in [1.82, 2.24) is 0 Å². The summed E-state index contributed by atoms with van der Waals surface area (Å²) in [6.07, 6.45) is 11.3. The van der Waals surface area contributed by atoms with Gasteiger partial charge in [0.2, 0.25) is 0 Å². The Morgan fingerprint density at radius 3 is 2.19 bits per heavy atom. The van der Waals surface area contributed by atoms with Crippen LogP contribution < -0.4 is 10.5 Å². The number of hydrogen-bond acceptors (Lipinski definition) is 2. The molecule has 0 aliphatic heterocycles. The van der Waals surface area contributed by atoms with Gasteiger partial charge in [0.15, 0.2) is 0 Å². The van der Waals surface area contributed by atoms with E-state index >= 15 is 0 Å². The second kappa shape index (κ2) is 14.2. The number of benzene rings is 1. The standard InChI is InChI=1S/C18H31NO.ClH/c1-2-3-4-5-7-10-17-11-13-18(14-12-17)20-16-9-6-8-15-19;/h11-14H,2-10,15-16,19H2,1H3;1H. The van der Waals surface area contributed by atoms with Gasteiger partial charge in [-0.3, -0.25) is 0 Å². The minimum atomic E-state index is 0. The summed E-state index contributed by atoms with van der Waals surface area (Å²) >= 11 is 0. The summed E-state index contributed by atoms with van der Waals surface area (Å²) in [5.74, 6) is 0.993. The molecule has 0 aromatic heterocycles. The van der Waals surface area contributed by atoms with Gasteiger partial charge < -0.3 is 10.5 Å². The van der Waals surface area contributed by atoms with Gasteiger partial charge in [0.25, 0.3) is 0 Å². The van der Waals surface area contributed by atoms with Crippen molar-refractivity contribution < 1.29 is 4.74 Å². The smallest absolute Gasteiger partial charge is 0.119 e. The Morgan fingerprint density at radius 2 is 1.52 bits per heavy atom. The van der Waals surface area contributed by atoms with Crippen LogP contribution >= 0.6 is 12.4 Å². The molecule has 0 radical (unpaired) electrons. The van der Waals surface area contributed by atoms with Crippen molar-refractivity contribution in [1.29, 1.82) is 0 Å². The normalized spacial score (nSPS) is 10.2. The van der Waals surface area contributed by atoms with E-state index < -0.39 is 0 Å². The minimum Gasteiger partial charge on any atom is -0.494 e. The molecule has 0 unspecified atom stereocenters. The first-order valence-electron chi connectivity index (χ1n) is 8.28. The first kappa shape index (κ1) is 20.3. The molecule has 0 fully saturated rings. The Bertz CT molecular complexity index is 293. The molecule has 0 aliphatic carbocycles. The number of unbranched alkanes of at least 4 members (excludes halogenated alkanes) is 6. The lowest BCUT2D eigenvalue weighted by Crippen LogP contribution is -2.01. The average Bonchev–Trinajstić information content (AvgIpc) is 2.48. The molecule has 1 aromatic carbocycles. The van der Waals surface area contributed by atoms with Crippen LogP contribution in [0.25, 0.3) is 0 Å². The molecule has 0 spiro atoms. The topological polar surface area (TPSA) is 35.2 Å². The maximum atomic E-state index is 5.72. The van der Waals surface area contributed by atoms with E-state index in [1.54, 1.807) is 0 Å². The third kappa shape index (κ3) is 10.6. The molecule has 0 bridgehead atoms. The molecule has 0 amide bonds. The highest BCUT2D eigenvalue weighted by molar-refractivity contribution is 5.85.